The quantitative estimate of drug-likeness (QED) is 0.352. The fourth-order valence-electron chi connectivity index (χ4n) is 1.74. The average molecular weight is 431 g/mol. The van der Waals surface area contributed by atoms with Gasteiger partial charge in [-0.15, -0.1) is 38.2 Å². The number of halogens is 3. The maximum Gasteiger partial charge on any atom is -0.0809 e. The summed E-state index contributed by atoms with van der Waals surface area (Å²) in [6.07, 6.45) is 0. The minimum Gasteiger partial charge on any atom is -0.168 e. The Bertz CT molecular complexity index is 416. The van der Waals surface area contributed by atoms with Gasteiger partial charge in [-0.3, -0.25) is 0 Å². The van der Waals surface area contributed by atoms with E-state index >= 15 is 0 Å². The maximum absolute atomic E-state index is 5.00. The van der Waals surface area contributed by atoms with Crippen molar-refractivity contribution < 1.29 is 18.2 Å². The molecule has 20 heavy (non-hydrogen) atoms. The van der Waals surface area contributed by atoms with Gasteiger partial charge in [-0.05, 0) is 11.3 Å². The van der Waals surface area contributed by atoms with Crippen LogP contribution in [0.25, 0.3) is 10.8 Å². The van der Waals surface area contributed by atoms with Crippen LogP contribution in [-0.2, 0) is 18.2 Å². The molecule has 0 unspecified atom stereocenters. The van der Waals surface area contributed by atoms with Crippen LogP contribution < -0.4 is 0 Å². The van der Waals surface area contributed by atoms with Crippen LogP contribution in [0.5, 0.6) is 0 Å². The van der Waals surface area contributed by atoms with Gasteiger partial charge in [0.1, 0.15) is 0 Å². The summed E-state index contributed by atoms with van der Waals surface area (Å²) in [4.78, 5) is 0. The van der Waals surface area contributed by atoms with E-state index in [0.29, 0.717) is 0 Å². The average Bonchev–Trinajstić information content (AvgIpc) is 2.74. The Balaban J connectivity index is 0.000000296. The van der Waals surface area contributed by atoms with Crippen molar-refractivity contribution in [1.29, 1.82) is 0 Å². The van der Waals surface area contributed by atoms with E-state index < -0.39 is 18.2 Å². The zero-order chi connectivity index (χ0) is 15.5. The second-order valence-corrected chi connectivity index (χ2v) is 18.7. The Morgan fingerprint density at radius 3 is 1.85 bits per heavy atom. The molecule has 113 valence electrons. The first-order valence-electron chi connectivity index (χ1n) is 6.53. The molecule has 0 saturated carbocycles. The molecule has 0 atom stereocenters. The summed E-state index contributed by atoms with van der Waals surface area (Å²) < 4.78 is 0. The van der Waals surface area contributed by atoms with Gasteiger partial charge in [-0.25, -0.2) is 0 Å². The standard InChI is InChI=1S/C9H7.C6H15P.3ClH.Zr/c1-2-5-9-7-3-6-8(9)4-1;1-5(2)7-6(3)4;;;;/h1-7H;5-7H,1-4H3;3*1H;/q-1;;;;;+3/p-3. The first kappa shape index (κ1) is 21.0. The third-order valence-corrected chi connectivity index (χ3v) is 3.55. The summed E-state index contributed by atoms with van der Waals surface area (Å²) in [5.74, 6) is 0. The molecular formula is C15H22Cl3PZr-. The van der Waals surface area contributed by atoms with Crippen LogP contribution in [0.2, 0.25) is 0 Å². The molecule has 0 aliphatic carbocycles. The summed E-state index contributed by atoms with van der Waals surface area (Å²) in [5, 5.41) is 2.66. The molecule has 0 aliphatic heterocycles. The third kappa shape index (κ3) is 12.7. The number of benzene rings is 1. The van der Waals surface area contributed by atoms with Crippen molar-refractivity contribution in [2.45, 2.75) is 39.0 Å². The second kappa shape index (κ2) is 12.5. The van der Waals surface area contributed by atoms with Crippen LogP contribution in [0.4, 0.5) is 0 Å². The number of rotatable bonds is 2. The number of hydrogen-bond acceptors (Lipinski definition) is 0. The van der Waals surface area contributed by atoms with Gasteiger partial charge in [0.05, 0.1) is 0 Å². The monoisotopic (exact) mass is 428 g/mol. The smallest absolute Gasteiger partial charge is 0.0809 e. The van der Waals surface area contributed by atoms with Gasteiger partial charge >= 0.3 is 43.7 Å². The molecule has 0 radical (unpaired) electrons. The van der Waals surface area contributed by atoms with E-state index in [1.807, 2.05) is 0 Å². The molecule has 5 heteroatoms. The van der Waals surface area contributed by atoms with Crippen molar-refractivity contribution in [2.75, 3.05) is 0 Å². The van der Waals surface area contributed by atoms with Crippen LogP contribution in [0.1, 0.15) is 27.7 Å². The van der Waals surface area contributed by atoms with Crippen LogP contribution in [0.3, 0.4) is 0 Å². The topological polar surface area (TPSA) is 0 Å². The van der Waals surface area contributed by atoms with E-state index in [1.165, 1.54) is 10.8 Å². The molecule has 0 N–H and O–H groups in total. The van der Waals surface area contributed by atoms with Gasteiger partial charge in [-0.1, -0.05) is 33.8 Å². The van der Waals surface area contributed by atoms with Gasteiger partial charge in [-0.2, -0.15) is 17.5 Å². The fraction of sp³-hybridized carbons (Fsp3) is 0.400. The van der Waals surface area contributed by atoms with E-state index in [-0.39, 0.29) is 0 Å². The minimum atomic E-state index is -2.13. The van der Waals surface area contributed by atoms with Gasteiger partial charge < -0.3 is 0 Å². The van der Waals surface area contributed by atoms with Gasteiger partial charge in [0.15, 0.2) is 0 Å². The summed E-state index contributed by atoms with van der Waals surface area (Å²) in [7, 11) is 16.2. The van der Waals surface area contributed by atoms with Crippen molar-refractivity contribution in [3.05, 3.63) is 42.5 Å². The van der Waals surface area contributed by atoms with Crippen molar-refractivity contribution in [3.8, 4) is 0 Å². The molecule has 0 nitrogen and oxygen atoms in total. The summed E-state index contributed by atoms with van der Waals surface area (Å²) in [6.45, 7) is 9.10. The molecule has 0 amide bonds. The van der Waals surface area contributed by atoms with E-state index in [4.69, 9.17) is 25.5 Å². The molecule has 0 saturated heterocycles. The first-order chi connectivity index (χ1) is 9.32. The van der Waals surface area contributed by atoms with E-state index in [9.17, 15) is 0 Å². The SMILES string of the molecule is CC(C)PC(C)C.[Cl][Zr]([Cl])[Cl].c1ccc2[cH-]ccc2c1. The van der Waals surface area contributed by atoms with Crippen LogP contribution in [-0.4, -0.2) is 11.3 Å². The van der Waals surface area contributed by atoms with Crippen molar-refractivity contribution in [3.63, 3.8) is 0 Å². The Labute approximate surface area is 143 Å². The van der Waals surface area contributed by atoms with Crippen molar-refractivity contribution in [2.24, 2.45) is 0 Å². The zero-order valence-corrected chi connectivity index (χ0v) is 18.1. The van der Waals surface area contributed by atoms with Gasteiger partial charge in [0.2, 0.25) is 0 Å². The minimum absolute atomic E-state index is 0.903. The fourth-order valence-corrected chi connectivity index (χ4v) is 3.07. The maximum atomic E-state index is 5.00. The predicted octanol–water partition coefficient (Wildman–Crippen LogP) is 7.11. The second-order valence-electron chi connectivity index (χ2n) is 4.85. The van der Waals surface area contributed by atoms with Crippen LogP contribution in [0.15, 0.2) is 42.5 Å². The van der Waals surface area contributed by atoms with Gasteiger partial charge in [0.25, 0.3) is 0 Å². The van der Waals surface area contributed by atoms with E-state index in [0.717, 1.165) is 19.9 Å². The van der Waals surface area contributed by atoms with Gasteiger partial charge in [0, 0.05) is 0 Å². The van der Waals surface area contributed by atoms with Crippen LogP contribution in [0, 0.1) is 0 Å². The summed E-state index contributed by atoms with van der Waals surface area (Å²) in [6, 6.07) is 14.7. The third-order valence-electron chi connectivity index (χ3n) is 2.21. The molecule has 0 fully saturated rings. The Morgan fingerprint density at radius 1 is 0.950 bits per heavy atom. The van der Waals surface area contributed by atoms with Crippen molar-refractivity contribution in [1.82, 2.24) is 0 Å². The predicted molar refractivity (Wildman–Crippen MR) is 95.7 cm³/mol. The molecule has 2 aromatic rings. The molecule has 0 aromatic heterocycles. The van der Waals surface area contributed by atoms with Crippen LogP contribution >= 0.6 is 34.1 Å². The molecule has 0 heterocycles. The van der Waals surface area contributed by atoms with E-state index in [2.05, 4.69) is 70.2 Å². The number of hydrogen-bond donors (Lipinski definition) is 0. The molecule has 0 aliphatic rings. The molecule has 0 bridgehead atoms. The Morgan fingerprint density at radius 2 is 1.45 bits per heavy atom. The van der Waals surface area contributed by atoms with Crippen molar-refractivity contribution >= 4 is 44.9 Å². The Kier molecular flexibility index (Phi) is 13.2. The summed E-state index contributed by atoms with van der Waals surface area (Å²) in [5.41, 5.74) is 1.81. The number of fused-ring (bicyclic) bond motifs is 1. The normalized spacial score (nSPS) is 9.85. The van der Waals surface area contributed by atoms with E-state index in [1.54, 1.807) is 0 Å². The Hall–Kier alpha value is 1.01. The zero-order valence-electron chi connectivity index (χ0n) is 12.3. The molecule has 2 aromatic carbocycles. The molecule has 2 rings (SSSR count). The molecular weight excluding hydrogens is 409 g/mol. The molecule has 0 spiro atoms. The first-order valence-corrected chi connectivity index (χ1v) is 17.2. The largest absolute Gasteiger partial charge is 0.168 e. The summed E-state index contributed by atoms with van der Waals surface area (Å²) >= 11 is -2.13.